The van der Waals surface area contributed by atoms with Gasteiger partial charge in [0.25, 0.3) is 0 Å². The van der Waals surface area contributed by atoms with Gasteiger partial charge in [-0.05, 0) is 59.7 Å². The van der Waals surface area contributed by atoms with E-state index in [0.29, 0.717) is 0 Å². The number of halogens is 3. The second kappa shape index (κ2) is 9.81. The molecule has 1 atom stereocenters. The number of anilines is 1. The highest BCUT2D eigenvalue weighted by molar-refractivity contribution is 5.95. The number of fused-ring (bicyclic) bond motifs is 1. The maximum atomic E-state index is 12.8. The Morgan fingerprint density at radius 2 is 1.58 bits per heavy atom. The van der Waals surface area contributed by atoms with Crippen molar-refractivity contribution >= 4 is 28.3 Å². The number of carbonyl (C=O) groups is 2. The Balaban J connectivity index is 1.60. The smallest absolute Gasteiger partial charge is 0.497 e. The van der Waals surface area contributed by atoms with Gasteiger partial charge in [-0.1, -0.05) is 24.3 Å². The van der Waals surface area contributed by atoms with Crippen LogP contribution < -0.4 is 14.8 Å². The third-order valence-electron chi connectivity index (χ3n) is 5.07. The summed E-state index contributed by atoms with van der Waals surface area (Å²) in [7, 11) is 3.12. The van der Waals surface area contributed by atoms with Crippen molar-refractivity contribution in [3.63, 3.8) is 0 Å². The normalized spacial score (nSPS) is 12.2. The Hall–Kier alpha value is -3.75. The van der Waals surface area contributed by atoms with Gasteiger partial charge in [-0.3, -0.25) is 9.59 Å². The predicted octanol–water partition coefficient (Wildman–Crippen LogP) is 4.95. The quantitative estimate of drug-likeness (QED) is 0.542. The number of hydrogen-bond donors (Lipinski definition) is 1. The molecule has 0 saturated carbocycles. The van der Waals surface area contributed by atoms with Gasteiger partial charge in [0.05, 0.1) is 19.6 Å². The number of likely N-dealkylation sites (N-methyl/N-ethyl adjacent to an activating group) is 1. The minimum atomic E-state index is -4.79. The number of carbonyl (C=O) groups excluding carboxylic acids is 2. The van der Waals surface area contributed by atoms with E-state index in [0.717, 1.165) is 34.2 Å². The lowest BCUT2D eigenvalue weighted by molar-refractivity contribution is -0.274. The molecule has 0 saturated heterocycles. The summed E-state index contributed by atoms with van der Waals surface area (Å²) in [5.41, 5.74) is 1.10. The molecule has 0 aromatic heterocycles. The number of methoxy groups -OCH3 is 1. The third kappa shape index (κ3) is 6.38. The molecule has 0 fully saturated rings. The van der Waals surface area contributed by atoms with Crippen LogP contribution in [0.4, 0.5) is 18.9 Å². The Bertz CT molecular complexity index is 1150. The van der Waals surface area contributed by atoms with Crippen LogP contribution in [0.2, 0.25) is 0 Å². The monoisotopic (exact) mass is 460 g/mol. The first-order chi connectivity index (χ1) is 15.6. The van der Waals surface area contributed by atoms with Crippen LogP contribution in [-0.2, 0) is 9.59 Å². The van der Waals surface area contributed by atoms with Crippen molar-refractivity contribution < 1.29 is 32.2 Å². The van der Waals surface area contributed by atoms with Crippen LogP contribution in [-0.4, -0.2) is 43.8 Å². The molecule has 3 aromatic rings. The molecular weight excluding hydrogens is 437 g/mol. The van der Waals surface area contributed by atoms with E-state index in [2.05, 4.69) is 10.1 Å². The molecule has 0 radical (unpaired) electrons. The fraction of sp³-hybridized carbons (Fsp3) is 0.250. The summed E-state index contributed by atoms with van der Waals surface area (Å²) >= 11 is 0. The highest BCUT2D eigenvalue weighted by Crippen LogP contribution is 2.26. The summed E-state index contributed by atoms with van der Waals surface area (Å²) in [5.74, 6) is -0.851. The first-order valence-corrected chi connectivity index (χ1v) is 10.0. The average molecular weight is 460 g/mol. The van der Waals surface area contributed by atoms with Gasteiger partial charge in [0, 0.05) is 12.7 Å². The highest BCUT2D eigenvalue weighted by Gasteiger charge is 2.31. The summed E-state index contributed by atoms with van der Waals surface area (Å²) in [6.45, 7) is 1.55. The minimum Gasteiger partial charge on any atom is -0.497 e. The van der Waals surface area contributed by atoms with Gasteiger partial charge in [-0.2, -0.15) is 0 Å². The largest absolute Gasteiger partial charge is 0.573 e. The van der Waals surface area contributed by atoms with Gasteiger partial charge in [-0.25, -0.2) is 0 Å². The Kier molecular flexibility index (Phi) is 7.10. The van der Waals surface area contributed by atoms with Crippen LogP contribution in [0.25, 0.3) is 10.8 Å². The van der Waals surface area contributed by atoms with Gasteiger partial charge in [0.2, 0.25) is 11.8 Å². The van der Waals surface area contributed by atoms with Crippen LogP contribution in [0, 0.1) is 0 Å². The number of hydrogen-bond acceptors (Lipinski definition) is 4. The summed E-state index contributed by atoms with van der Waals surface area (Å²) in [6.07, 6.45) is -4.79. The Morgan fingerprint density at radius 1 is 0.970 bits per heavy atom. The van der Waals surface area contributed by atoms with Crippen LogP contribution in [0.15, 0.2) is 60.7 Å². The van der Waals surface area contributed by atoms with E-state index in [1.807, 2.05) is 36.4 Å². The van der Waals surface area contributed by atoms with Crippen molar-refractivity contribution in [3.8, 4) is 11.5 Å². The average Bonchev–Trinajstić information content (AvgIpc) is 2.77. The van der Waals surface area contributed by atoms with Crippen molar-refractivity contribution in [1.82, 2.24) is 4.90 Å². The molecule has 174 valence electrons. The van der Waals surface area contributed by atoms with Crippen molar-refractivity contribution in [3.05, 3.63) is 66.2 Å². The van der Waals surface area contributed by atoms with Crippen molar-refractivity contribution in [2.75, 3.05) is 26.0 Å². The van der Waals surface area contributed by atoms with Crippen molar-refractivity contribution in [1.29, 1.82) is 0 Å². The van der Waals surface area contributed by atoms with Crippen LogP contribution >= 0.6 is 0 Å². The lowest BCUT2D eigenvalue weighted by Crippen LogP contribution is -2.37. The summed E-state index contributed by atoms with van der Waals surface area (Å²) in [4.78, 5) is 26.5. The van der Waals surface area contributed by atoms with E-state index < -0.39 is 23.9 Å². The van der Waals surface area contributed by atoms with Crippen LogP contribution in [0.1, 0.15) is 18.4 Å². The molecular formula is C24H23F3N2O4. The molecule has 0 aliphatic heterocycles. The Labute approximate surface area is 188 Å². The molecule has 33 heavy (non-hydrogen) atoms. The summed E-state index contributed by atoms with van der Waals surface area (Å²) in [5, 5.41) is 4.50. The van der Waals surface area contributed by atoms with Crippen molar-refractivity contribution in [2.24, 2.45) is 0 Å². The van der Waals surface area contributed by atoms with E-state index in [4.69, 9.17) is 4.74 Å². The molecule has 0 spiro atoms. The second-order valence-corrected chi connectivity index (χ2v) is 7.51. The zero-order valence-corrected chi connectivity index (χ0v) is 18.3. The van der Waals surface area contributed by atoms with E-state index >= 15 is 0 Å². The fourth-order valence-corrected chi connectivity index (χ4v) is 3.35. The number of amides is 2. The number of nitrogens with zero attached hydrogens (tertiary/aromatic N) is 1. The molecule has 2 amide bonds. The number of rotatable bonds is 7. The topological polar surface area (TPSA) is 67.9 Å². The fourth-order valence-electron chi connectivity index (χ4n) is 3.35. The number of nitrogens with one attached hydrogen (secondary N) is 1. The lowest BCUT2D eigenvalue weighted by Gasteiger charge is -2.21. The summed E-state index contributed by atoms with van der Waals surface area (Å²) < 4.78 is 45.7. The molecule has 0 aliphatic rings. The molecule has 0 unspecified atom stereocenters. The molecule has 0 heterocycles. The first-order valence-electron chi connectivity index (χ1n) is 10.0. The molecule has 3 aromatic carbocycles. The molecule has 0 aliphatic carbocycles. The van der Waals surface area contributed by atoms with E-state index in [1.165, 1.54) is 24.1 Å². The molecule has 0 bridgehead atoms. The van der Waals surface area contributed by atoms with E-state index in [-0.39, 0.29) is 18.1 Å². The molecule has 1 N–H and O–H groups in total. The lowest BCUT2D eigenvalue weighted by atomic mass is 9.96. The van der Waals surface area contributed by atoms with Gasteiger partial charge < -0.3 is 19.7 Å². The Morgan fingerprint density at radius 3 is 2.21 bits per heavy atom. The zero-order valence-electron chi connectivity index (χ0n) is 18.3. The zero-order chi connectivity index (χ0) is 24.2. The molecule has 6 nitrogen and oxygen atoms in total. The maximum Gasteiger partial charge on any atom is 0.573 e. The number of alkyl halides is 3. The van der Waals surface area contributed by atoms with Gasteiger partial charge in [0.15, 0.2) is 0 Å². The third-order valence-corrected chi connectivity index (χ3v) is 5.07. The van der Waals surface area contributed by atoms with Crippen molar-refractivity contribution in [2.45, 2.75) is 19.2 Å². The van der Waals surface area contributed by atoms with Crippen LogP contribution in [0.5, 0.6) is 11.5 Å². The van der Waals surface area contributed by atoms with E-state index in [1.54, 1.807) is 14.0 Å². The molecule has 9 heteroatoms. The number of benzene rings is 3. The molecule has 3 rings (SSSR count). The minimum absolute atomic E-state index is 0.214. The predicted molar refractivity (Wildman–Crippen MR) is 118 cm³/mol. The summed E-state index contributed by atoms with van der Waals surface area (Å²) in [6, 6.07) is 16.1. The van der Waals surface area contributed by atoms with E-state index in [9.17, 15) is 22.8 Å². The second-order valence-electron chi connectivity index (χ2n) is 7.51. The highest BCUT2D eigenvalue weighted by atomic mass is 19.4. The maximum absolute atomic E-state index is 12.8. The standard InChI is InChI=1S/C24H23F3N2O4/c1-15(16-4-5-18-13-21(32-3)9-6-17(18)12-16)23(31)29(2)14-22(30)28-19-7-10-20(11-8-19)33-24(25,26)27/h4-13,15H,14H2,1-3H3,(H,28,30)/t15-/m1/s1. The first kappa shape index (κ1) is 23.9. The van der Waals surface area contributed by atoms with Crippen LogP contribution in [0.3, 0.4) is 0 Å². The van der Waals surface area contributed by atoms with Gasteiger partial charge in [0.1, 0.15) is 11.5 Å². The SMILES string of the molecule is COc1ccc2cc([C@@H](C)C(=O)N(C)CC(=O)Nc3ccc(OC(F)(F)F)cc3)ccc2c1. The number of ether oxygens (including phenoxy) is 2. The van der Waals surface area contributed by atoms with Gasteiger partial charge >= 0.3 is 6.36 Å². The van der Waals surface area contributed by atoms with Gasteiger partial charge in [-0.15, -0.1) is 13.2 Å².